The quantitative estimate of drug-likeness (QED) is 0.857. The van der Waals surface area contributed by atoms with E-state index in [-0.39, 0.29) is 11.8 Å². The van der Waals surface area contributed by atoms with Gasteiger partial charge in [-0.15, -0.1) is 0 Å². The van der Waals surface area contributed by atoms with Crippen LogP contribution in [-0.2, 0) is 4.79 Å². The van der Waals surface area contributed by atoms with Crippen LogP contribution < -0.4 is 4.74 Å². The highest BCUT2D eigenvalue weighted by Gasteiger charge is 2.27. The topological polar surface area (TPSA) is 49.8 Å². The Kier molecular flexibility index (Phi) is 4.79. The molecule has 1 aromatic carbocycles. The van der Waals surface area contributed by atoms with E-state index in [1.54, 1.807) is 12.0 Å². The number of aliphatic hydroxyl groups is 1. The summed E-state index contributed by atoms with van der Waals surface area (Å²) in [6, 6.07) is 7.50. The molecule has 1 atom stereocenters. The predicted molar refractivity (Wildman–Crippen MR) is 77.5 cm³/mol. The van der Waals surface area contributed by atoms with Gasteiger partial charge in [-0.05, 0) is 42.5 Å². The number of hydrogen-bond acceptors (Lipinski definition) is 3. The predicted octanol–water partition coefficient (Wildman–Crippen LogP) is 2.15. The van der Waals surface area contributed by atoms with Crippen molar-refractivity contribution in [1.29, 1.82) is 0 Å². The van der Waals surface area contributed by atoms with Crippen LogP contribution >= 0.6 is 0 Å². The zero-order valence-electron chi connectivity index (χ0n) is 11.8. The van der Waals surface area contributed by atoms with E-state index in [1.165, 1.54) is 6.08 Å². The van der Waals surface area contributed by atoms with Gasteiger partial charge in [0.1, 0.15) is 5.75 Å². The van der Waals surface area contributed by atoms with Crippen molar-refractivity contribution in [2.45, 2.75) is 18.9 Å². The van der Waals surface area contributed by atoms with E-state index in [9.17, 15) is 9.90 Å². The maximum Gasteiger partial charge on any atom is 0.245 e. The number of hydrogen-bond donors (Lipinski definition) is 1. The van der Waals surface area contributed by atoms with E-state index in [0.29, 0.717) is 13.1 Å². The molecule has 0 radical (unpaired) electrons. The fourth-order valence-electron chi connectivity index (χ4n) is 2.64. The summed E-state index contributed by atoms with van der Waals surface area (Å²) in [5, 5.41) is 10.4. The van der Waals surface area contributed by atoms with Crippen LogP contribution in [0.15, 0.2) is 36.9 Å². The van der Waals surface area contributed by atoms with Gasteiger partial charge in [-0.25, -0.2) is 0 Å². The van der Waals surface area contributed by atoms with Crippen LogP contribution in [0.3, 0.4) is 0 Å². The molecule has 108 valence electrons. The lowest BCUT2D eigenvalue weighted by molar-refractivity contribution is -0.128. The van der Waals surface area contributed by atoms with E-state index in [4.69, 9.17) is 4.74 Å². The molecule has 1 amide bonds. The van der Waals surface area contributed by atoms with Gasteiger partial charge in [0.05, 0.1) is 13.2 Å². The van der Waals surface area contributed by atoms with Crippen molar-refractivity contribution in [3.63, 3.8) is 0 Å². The average molecular weight is 275 g/mol. The number of likely N-dealkylation sites (tertiary alicyclic amines) is 1. The lowest BCUT2D eigenvalue weighted by Gasteiger charge is -2.33. The van der Waals surface area contributed by atoms with E-state index >= 15 is 0 Å². The molecule has 0 saturated carbocycles. The Morgan fingerprint density at radius 2 is 2.00 bits per heavy atom. The Morgan fingerprint density at radius 3 is 2.50 bits per heavy atom. The molecule has 1 aromatic rings. The normalized spacial score (nSPS) is 17.6. The first-order valence-electron chi connectivity index (χ1n) is 6.89. The second-order valence-corrected chi connectivity index (χ2v) is 5.08. The number of piperidine rings is 1. The summed E-state index contributed by atoms with van der Waals surface area (Å²) in [7, 11) is 1.62. The summed E-state index contributed by atoms with van der Waals surface area (Å²) in [5.74, 6) is 0.951. The fraction of sp³-hybridized carbons (Fsp3) is 0.438. The monoisotopic (exact) mass is 275 g/mol. The molecule has 1 heterocycles. The number of ether oxygens (including phenoxy) is 1. The SMILES string of the molecule is C=CC(=O)N1CCC(C(O)c2ccc(OC)cc2)CC1. The molecule has 0 aliphatic carbocycles. The number of methoxy groups -OCH3 is 1. The highest BCUT2D eigenvalue weighted by Crippen LogP contribution is 2.31. The van der Waals surface area contributed by atoms with Crippen molar-refractivity contribution < 1.29 is 14.6 Å². The second kappa shape index (κ2) is 6.57. The fourth-order valence-corrected chi connectivity index (χ4v) is 2.64. The van der Waals surface area contributed by atoms with Gasteiger partial charge in [-0.2, -0.15) is 0 Å². The van der Waals surface area contributed by atoms with Crippen molar-refractivity contribution in [2.75, 3.05) is 20.2 Å². The second-order valence-electron chi connectivity index (χ2n) is 5.08. The van der Waals surface area contributed by atoms with Crippen LogP contribution in [0.2, 0.25) is 0 Å². The van der Waals surface area contributed by atoms with E-state index < -0.39 is 6.10 Å². The first-order valence-corrected chi connectivity index (χ1v) is 6.89. The third-order valence-corrected chi connectivity index (χ3v) is 3.93. The first-order chi connectivity index (χ1) is 9.65. The maximum absolute atomic E-state index is 11.5. The molecule has 0 spiro atoms. The minimum atomic E-state index is -0.484. The Hall–Kier alpha value is -1.81. The molecule has 1 N–H and O–H groups in total. The molecule has 0 aromatic heterocycles. The summed E-state index contributed by atoms with van der Waals surface area (Å²) in [4.78, 5) is 13.3. The summed E-state index contributed by atoms with van der Waals surface area (Å²) in [6.07, 6.45) is 2.49. The van der Waals surface area contributed by atoms with Gasteiger partial charge in [-0.3, -0.25) is 4.79 Å². The third kappa shape index (κ3) is 3.20. The van der Waals surface area contributed by atoms with E-state index in [0.717, 1.165) is 24.2 Å². The Bertz CT molecular complexity index is 461. The number of carbonyl (C=O) groups excluding carboxylic acids is 1. The number of nitrogens with zero attached hydrogens (tertiary/aromatic N) is 1. The van der Waals surface area contributed by atoms with Crippen LogP contribution in [0.25, 0.3) is 0 Å². The number of carbonyl (C=O) groups is 1. The molecule has 2 rings (SSSR count). The van der Waals surface area contributed by atoms with Gasteiger partial charge in [0.15, 0.2) is 0 Å². The number of amides is 1. The lowest BCUT2D eigenvalue weighted by Crippen LogP contribution is -2.38. The minimum Gasteiger partial charge on any atom is -0.497 e. The van der Waals surface area contributed by atoms with Crippen LogP contribution in [-0.4, -0.2) is 36.1 Å². The van der Waals surface area contributed by atoms with Crippen LogP contribution in [0.4, 0.5) is 0 Å². The lowest BCUT2D eigenvalue weighted by atomic mass is 9.87. The molecule has 1 unspecified atom stereocenters. The molecule has 4 heteroatoms. The largest absolute Gasteiger partial charge is 0.497 e. The summed E-state index contributed by atoms with van der Waals surface area (Å²) < 4.78 is 5.11. The van der Waals surface area contributed by atoms with Gasteiger partial charge in [0.2, 0.25) is 5.91 Å². The molecule has 20 heavy (non-hydrogen) atoms. The van der Waals surface area contributed by atoms with Crippen molar-refractivity contribution in [1.82, 2.24) is 4.90 Å². The minimum absolute atomic E-state index is 0.0256. The molecular formula is C16H21NO3. The van der Waals surface area contributed by atoms with Crippen LogP contribution in [0.1, 0.15) is 24.5 Å². The van der Waals surface area contributed by atoms with Gasteiger partial charge in [-0.1, -0.05) is 18.7 Å². The Labute approximate surface area is 119 Å². The zero-order valence-corrected chi connectivity index (χ0v) is 11.8. The van der Waals surface area contributed by atoms with Gasteiger partial charge >= 0.3 is 0 Å². The van der Waals surface area contributed by atoms with Crippen molar-refractivity contribution in [2.24, 2.45) is 5.92 Å². The average Bonchev–Trinajstić information content (AvgIpc) is 2.53. The molecule has 1 saturated heterocycles. The molecule has 1 aliphatic rings. The number of rotatable bonds is 4. The molecular weight excluding hydrogens is 254 g/mol. The smallest absolute Gasteiger partial charge is 0.245 e. The third-order valence-electron chi connectivity index (χ3n) is 3.93. The van der Waals surface area contributed by atoms with Gasteiger partial charge in [0, 0.05) is 13.1 Å². The summed E-state index contributed by atoms with van der Waals surface area (Å²) >= 11 is 0. The van der Waals surface area contributed by atoms with Gasteiger partial charge in [0.25, 0.3) is 0 Å². The van der Waals surface area contributed by atoms with Crippen molar-refractivity contribution in [3.05, 3.63) is 42.5 Å². The molecule has 4 nitrogen and oxygen atoms in total. The van der Waals surface area contributed by atoms with E-state index in [1.807, 2.05) is 24.3 Å². The number of benzene rings is 1. The highest BCUT2D eigenvalue weighted by atomic mass is 16.5. The first kappa shape index (κ1) is 14.6. The Balaban J connectivity index is 1.95. The van der Waals surface area contributed by atoms with Crippen LogP contribution in [0.5, 0.6) is 5.75 Å². The molecule has 1 fully saturated rings. The molecule has 1 aliphatic heterocycles. The number of aliphatic hydroxyl groups excluding tert-OH is 1. The maximum atomic E-state index is 11.5. The van der Waals surface area contributed by atoms with Crippen LogP contribution in [0, 0.1) is 5.92 Å². The summed E-state index contributed by atoms with van der Waals surface area (Å²) in [5.41, 5.74) is 0.902. The van der Waals surface area contributed by atoms with Crippen molar-refractivity contribution in [3.8, 4) is 5.75 Å². The highest BCUT2D eigenvalue weighted by molar-refractivity contribution is 5.87. The van der Waals surface area contributed by atoms with E-state index in [2.05, 4.69) is 6.58 Å². The standard InChI is InChI=1S/C16H21NO3/c1-3-15(18)17-10-8-13(9-11-17)16(19)12-4-6-14(20-2)7-5-12/h3-7,13,16,19H,1,8-11H2,2H3. The zero-order chi connectivity index (χ0) is 14.5. The molecule has 0 bridgehead atoms. The van der Waals surface area contributed by atoms with Crippen molar-refractivity contribution >= 4 is 5.91 Å². The summed E-state index contributed by atoms with van der Waals surface area (Å²) in [6.45, 7) is 4.87. The Morgan fingerprint density at radius 1 is 1.40 bits per heavy atom. The van der Waals surface area contributed by atoms with Gasteiger partial charge < -0.3 is 14.7 Å².